The van der Waals surface area contributed by atoms with Crippen molar-refractivity contribution < 1.29 is 18.0 Å². The van der Waals surface area contributed by atoms with E-state index >= 15 is 0 Å². The third-order valence-corrected chi connectivity index (χ3v) is 6.45. The zero-order valence-corrected chi connectivity index (χ0v) is 21.1. The average molecular weight is 494 g/mol. The summed E-state index contributed by atoms with van der Waals surface area (Å²) >= 11 is 5.99. The summed E-state index contributed by atoms with van der Waals surface area (Å²) in [6.45, 7) is 6.02. The quantitative estimate of drug-likeness (QED) is 0.517. The van der Waals surface area contributed by atoms with Gasteiger partial charge in [0.2, 0.25) is 21.8 Å². The lowest BCUT2D eigenvalue weighted by atomic mass is 10.1. The van der Waals surface area contributed by atoms with Crippen LogP contribution in [0.3, 0.4) is 0 Å². The highest BCUT2D eigenvalue weighted by atomic mass is 35.5. The number of nitrogens with zero attached hydrogens (tertiary/aromatic N) is 2. The van der Waals surface area contributed by atoms with Gasteiger partial charge in [0.05, 0.1) is 11.9 Å². The van der Waals surface area contributed by atoms with E-state index in [0.29, 0.717) is 23.7 Å². The lowest BCUT2D eigenvalue weighted by Crippen LogP contribution is -2.52. The Morgan fingerprint density at radius 2 is 1.64 bits per heavy atom. The van der Waals surface area contributed by atoms with Crippen LogP contribution >= 0.6 is 11.6 Å². The van der Waals surface area contributed by atoms with Gasteiger partial charge in [0.25, 0.3) is 0 Å². The van der Waals surface area contributed by atoms with Crippen LogP contribution in [0.5, 0.6) is 0 Å². The summed E-state index contributed by atoms with van der Waals surface area (Å²) in [7, 11) is -3.73. The van der Waals surface area contributed by atoms with Crippen molar-refractivity contribution >= 4 is 39.1 Å². The maximum absolute atomic E-state index is 13.5. The van der Waals surface area contributed by atoms with Crippen molar-refractivity contribution in [2.45, 2.75) is 39.8 Å². The van der Waals surface area contributed by atoms with Crippen molar-refractivity contribution in [2.24, 2.45) is 5.92 Å². The van der Waals surface area contributed by atoms with Crippen molar-refractivity contribution in [3.63, 3.8) is 0 Å². The molecular weight excluding hydrogens is 462 g/mol. The zero-order chi connectivity index (χ0) is 24.6. The van der Waals surface area contributed by atoms with E-state index in [4.69, 9.17) is 11.6 Å². The number of para-hydroxylation sites is 1. The molecule has 2 aromatic carbocycles. The molecule has 1 unspecified atom stereocenters. The number of carbonyl (C=O) groups excluding carboxylic acids is 2. The topological polar surface area (TPSA) is 86.8 Å². The molecule has 0 aliphatic rings. The molecule has 2 amide bonds. The molecule has 0 saturated carbocycles. The van der Waals surface area contributed by atoms with Gasteiger partial charge in [-0.2, -0.15) is 0 Å². The van der Waals surface area contributed by atoms with Crippen LogP contribution in [0.25, 0.3) is 0 Å². The molecule has 7 nitrogen and oxygen atoms in total. The molecule has 0 aromatic heterocycles. The summed E-state index contributed by atoms with van der Waals surface area (Å²) in [5.41, 5.74) is 1.17. The summed E-state index contributed by atoms with van der Waals surface area (Å²) in [4.78, 5) is 27.9. The highest BCUT2D eigenvalue weighted by Gasteiger charge is 2.31. The molecule has 0 bridgehead atoms. The minimum absolute atomic E-state index is 0.149. The van der Waals surface area contributed by atoms with Gasteiger partial charge < -0.3 is 10.2 Å². The second kappa shape index (κ2) is 12.0. The Morgan fingerprint density at radius 1 is 1.03 bits per heavy atom. The maximum atomic E-state index is 13.5. The first kappa shape index (κ1) is 26.7. The van der Waals surface area contributed by atoms with Crippen LogP contribution in [0.2, 0.25) is 5.02 Å². The van der Waals surface area contributed by atoms with Crippen molar-refractivity contribution in [2.75, 3.05) is 23.7 Å². The van der Waals surface area contributed by atoms with Crippen LogP contribution in [0.15, 0.2) is 54.6 Å². The SMILES string of the molecule is CCC(C(=O)NCC(C)C)N(Cc1ccc(Cl)cc1)C(=O)CN(c1ccccc1)S(C)(=O)=O. The Morgan fingerprint density at radius 3 is 2.15 bits per heavy atom. The summed E-state index contributed by atoms with van der Waals surface area (Å²) in [5, 5.41) is 3.45. The van der Waals surface area contributed by atoms with Crippen molar-refractivity contribution in [3.05, 3.63) is 65.2 Å². The minimum atomic E-state index is -3.73. The number of rotatable bonds is 11. The average Bonchev–Trinajstić information content (AvgIpc) is 2.76. The molecule has 1 atom stereocenters. The van der Waals surface area contributed by atoms with E-state index in [9.17, 15) is 18.0 Å². The van der Waals surface area contributed by atoms with Gasteiger partial charge in [0.1, 0.15) is 12.6 Å². The summed E-state index contributed by atoms with van der Waals surface area (Å²) in [6.07, 6.45) is 1.44. The van der Waals surface area contributed by atoms with Crippen LogP contribution in [0, 0.1) is 5.92 Å². The van der Waals surface area contributed by atoms with Gasteiger partial charge in [0.15, 0.2) is 0 Å². The van der Waals surface area contributed by atoms with Gasteiger partial charge >= 0.3 is 0 Å². The first-order valence-corrected chi connectivity index (χ1v) is 13.1. The van der Waals surface area contributed by atoms with Crippen LogP contribution in [0.1, 0.15) is 32.8 Å². The van der Waals surface area contributed by atoms with Gasteiger partial charge in [-0.25, -0.2) is 8.42 Å². The normalized spacial score (nSPS) is 12.3. The summed E-state index contributed by atoms with van der Waals surface area (Å²) < 4.78 is 26.1. The molecular formula is C24H32ClN3O4S. The van der Waals surface area contributed by atoms with Crippen molar-refractivity contribution in [1.82, 2.24) is 10.2 Å². The van der Waals surface area contributed by atoms with E-state index in [0.717, 1.165) is 16.1 Å². The molecule has 0 aliphatic carbocycles. The highest BCUT2D eigenvalue weighted by molar-refractivity contribution is 7.92. The summed E-state index contributed by atoms with van der Waals surface area (Å²) in [5.74, 6) is -0.476. The predicted octanol–water partition coefficient (Wildman–Crippen LogP) is 3.69. The number of hydrogen-bond donors (Lipinski definition) is 1. The number of hydrogen-bond acceptors (Lipinski definition) is 4. The lowest BCUT2D eigenvalue weighted by molar-refractivity contribution is -0.140. The second-order valence-electron chi connectivity index (χ2n) is 8.32. The second-order valence-corrected chi connectivity index (χ2v) is 10.7. The fraction of sp³-hybridized carbons (Fsp3) is 0.417. The standard InChI is InChI=1S/C24H32ClN3O4S/c1-5-22(24(30)26-15-18(2)3)27(16-19-11-13-20(25)14-12-19)23(29)17-28(33(4,31)32)21-9-7-6-8-10-21/h6-14,18,22H,5,15-17H2,1-4H3,(H,26,30). The van der Waals surface area contributed by atoms with E-state index < -0.39 is 28.5 Å². The number of anilines is 1. The Bertz CT molecular complexity index is 1030. The Balaban J connectivity index is 2.38. The smallest absolute Gasteiger partial charge is 0.244 e. The predicted molar refractivity (Wildman–Crippen MR) is 133 cm³/mol. The van der Waals surface area contributed by atoms with Crippen LogP contribution < -0.4 is 9.62 Å². The Kier molecular flexibility index (Phi) is 9.73. The van der Waals surface area contributed by atoms with Crippen LogP contribution in [-0.2, 0) is 26.2 Å². The monoisotopic (exact) mass is 493 g/mol. The molecule has 1 N–H and O–H groups in total. The number of sulfonamides is 1. The minimum Gasteiger partial charge on any atom is -0.354 e. The van der Waals surface area contributed by atoms with Crippen LogP contribution in [0.4, 0.5) is 5.69 Å². The van der Waals surface area contributed by atoms with E-state index in [1.807, 2.05) is 20.8 Å². The molecule has 180 valence electrons. The molecule has 0 radical (unpaired) electrons. The fourth-order valence-electron chi connectivity index (χ4n) is 3.34. The van der Waals surface area contributed by atoms with Gasteiger partial charge in [-0.15, -0.1) is 0 Å². The molecule has 2 aromatic rings. The van der Waals surface area contributed by atoms with Gasteiger partial charge in [-0.3, -0.25) is 13.9 Å². The van der Waals surface area contributed by atoms with Crippen molar-refractivity contribution in [3.8, 4) is 0 Å². The number of halogens is 1. The largest absolute Gasteiger partial charge is 0.354 e. The van der Waals surface area contributed by atoms with E-state index in [2.05, 4.69) is 5.32 Å². The molecule has 0 fully saturated rings. The first-order valence-electron chi connectivity index (χ1n) is 10.9. The number of carbonyl (C=O) groups is 2. The first-order chi connectivity index (χ1) is 15.5. The molecule has 2 rings (SSSR count). The molecule has 0 saturated heterocycles. The van der Waals surface area contributed by atoms with E-state index in [1.165, 1.54) is 4.90 Å². The van der Waals surface area contributed by atoms with Crippen molar-refractivity contribution in [1.29, 1.82) is 0 Å². The van der Waals surface area contributed by atoms with Gasteiger partial charge in [0, 0.05) is 18.1 Å². The van der Waals surface area contributed by atoms with Gasteiger partial charge in [-0.1, -0.05) is 62.7 Å². The number of nitrogens with one attached hydrogen (secondary N) is 1. The molecule has 33 heavy (non-hydrogen) atoms. The highest BCUT2D eigenvalue weighted by Crippen LogP contribution is 2.20. The fourth-order valence-corrected chi connectivity index (χ4v) is 4.31. The number of amides is 2. The summed E-state index contributed by atoms with van der Waals surface area (Å²) in [6, 6.07) is 14.7. The molecule has 0 heterocycles. The third-order valence-electron chi connectivity index (χ3n) is 5.06. The Labute approximate surface area is 201 Å². The zero-order valence-electron chi connectivity index (χ0n) is 19.5. The molecule has 9 heteroatoms. The maximum Gasteiger partial charge on any atom is 0.244 e. The van der Waals surface area contributed by atoms with Crippen LogP contribution in [-0.4, -0.2) is 50.5 Å². The molecule has 0 spiro atoms. The van der Waals surface area contributed by atoms with Gasteiger partial charge in [-0.05, 0) is 42.2 Å². The lowest BCUT2D eigenvalue weighted by Gasteiger charge is -2.33. The van der Waals surface area contributed by atoms with E-state index in [-0.39, 0.29) is 18.4 Å². The Hall–Kier alpha value is -2.58. The van der Waals surface area contributed by atoms with E-state index in [1.54, 1.807) is 54.6 Å². The number of benzene rings is 2. The third kappa shape index (κ3) is 8.05. The molecule has 0 aliphatic heterocycles.